The molecule has 30 heavy (non-hydrogen) atoms. The zero-order chi connectivity index (χ0) is 20.9. The molecule has 8 nitrogen and oxygen atoms in total. The van der Waals surface area contributed by atoms with Crippen LogP contribution in [0.2, 0.25) is 0 Å². The number of alkyl halides is 3. The second-order valence-corrected chi connectivity index (χ2v) is 7.39. The van der Waals surface area contributed by atoms with Crippen LogP contribution in [0.1, 0.15) is 18.7 Å². The van der Waals surface area contributed by atoms with Crippen LogP contribution >= 0.6 is 0 Å². The molecule has 1 aliphatic rings. The van der Waals surface area contributed by atoms with Crippen molar-refractivity contribution in [2.75, 3.05) is 18.0 Å². The predicted octanol–water partition coefficient (Wildman–Crippen LogP) is 3.19. The van der Waals surface area contributed by atoms with Crippen LogP contribution in [0.4, 0.5) is 19.0 Å². The van der Waals surface area contributed by atoms with Crippen LogP contribution in [-0.4, -0.2) is 44.4 Å². The highest BCUT2D eigenvalue weighted by Crippen LogP contribution is 2.34. The van der Waals surface area contributed by atoms with Gasteiger partial charge in [0.15, 0.2) is 0 Å². The van der Waals surface area contributed by atoms with Gasteiger partial charge >= 0.3 is 6.36 Å². The number of hydrogen-bond acceptors (Lipinski definition) is 6. The summed E-state index contributed by atoms with van der Waals surface area (Å²) in [4.78, 5) is 21.5. The molecule has 1 saturated heterocycles. The number of anilines is 1. The van der Waals surface area contributed by atoms with Crippen LogP contribution in [0.15, 0.2) is 36.8 Å². The van der Waals surface area contributed by atoms with Crippen LogP contribution in [-0.2, 0) is 5.54 Å². The molecule has 0 unspecified atom stereocenters. The van der Waals surface area contributed by atoms with Crippen LogP contribution in [0, 0.1) is 0 Å². The number of H-pyrrole nitrogens is 2. The van der Waals surface area contributed by atoms with Crippen molar-refractivity contribution in [3.63, 3.8) is 0 Å². The Morgan fingerprint density at radius 3 is 2.70 bits per heavy atom. The maximum atomic E-state index is 12.5. The first-order valence-electron chi connectivity index (χ1n) is 9.39. The van der Waals surface area contributed by atoms with Gasteiger partial charge < -0.3 is 25.3 Å². The van der Waals surface area contributed by atoms with E-state index in [0.29, 0.717) is 42.8 Å². The Morgan fingerprint density at radius 1 is 1.13 bits per heavy atom. The molecule has 0 radical (unpaired) electrons. The molecule has 1 fully saturated rings. The molecular weight excluding hydrogens is 399 g/mol. The first kappa shape index (κ1) is 18.7. The zero-order valence-corrected chi connectivity index (χ0v) is 15.7. The molecule has 1 aliphatic heterocycles. The Morgan fingerprint density at radius 2 is 1.93 bits per heavy atom. The molecule has 156 valence electrons. The average molecular weight is 417 g/mol. The van der Waals surface area contributed by atoms with Crippen molar-refractivity contribution >= 4 is 27.9 Å². The summed E-state index contributed by atoms with van der Waals surface area (Å²) in [5.41, 5.74) is 7.69. The second-order valence-electron chi connectivity index (χ2n) is 7.39. The number of ether oxygens (including phenoxy) is 1. The maximum Gasteiger partial charge on any atom is 0.573 e. The summed E-state index contributed by atoms with van der Waals surface area (Å²) in [6.45, 7) is 1.32. The lowest BCUT2D eigenvalue weighted by Crippen LogP contribution is -2.49. The summed E-state index contributed by atoms with van der Waals surface area (Å²) < 4.78 is 41.4. The average Bonchev–Trinajstić information content (AvgIpc) is 3.34. The molecule has 5 rings (SSSR count). The lowest BCUT2D eigenvalue weighted by atomic mass is 9.88. The summed E-state index contributed by atoms with van der Waals surface area (Å²) in [7, 11) is 0. The van der Waals surface area contributed by atoms with Crippen molar-refractivity contribution in [3.8, 4) is 5.75 Å². The second kappa shape index (κ2) is 6.59. The van der Waals surface area contributed by atoms with E-state index in [-0.39, 0.29) is 5.75 Å². The molecule has 4 N–H and O–H groups in total. The quantitative estimate of drug-likeness (QED) is 0.472. The van der Waals surface area contributed by atoms with E-state index in [0.717, 1.165) is 16.9 Å². The third-order valence-corrected chi connectivity index (χ3v) is 5.45. The predicted molar refractivity (Wildman–Crippen MR) is 104 cm³/mol. The molecule has 0 bridgehead atoms. The van der Waals surface area contributed by atoms with Crippen molar-refractivity contribution in [3.05, 3.63) is 42.6 Å². The van der Waals surface area contributed by atoms with Gasteiger partial charge in [0.2, 0.25) is 0 Å². The highest BCUT2D eigenvalue weighted by molar-refractivity contribution is 5.87. The van der Waals surface area contributed by atoms with E-state index in [1.54, 1.807) is 0 Å². The van der Waals surface area contributed by atoms with Crippen molar-refractivity contribution in [1.82, 2.24) is 24.9 Å². The molecule has 11 heteroatoms. The highest BCUT2D eigenvalue weighted by atomic mass is 19.4. The van der Waals surface area contributed by atoms with Gasteiger partial charge in [0.25, 0.3) is 0 Å². The fraction of sp³-hybridized carbons (Fsp3) is 0.316. The summed E-state index contributed by atoms with van der Waals surface area (Å²) in [5, 5.41) is 0.947. The molecule has 4 aromatic rings. The number of halogens is 3. The summed E-state index contributed by atoms with van der Waals surface area (Å²) in [6, 6.07) is 5.95. The molecule has 0 saturated carbocycles. The third-order valence-electron chi connectivity index (χ3n) is 5.45. The normalized spacial score (nSPS) is 17.0. The van der Waals surface area contributed by atoms with Gasteiger partial charge in [-0.2, -0.15) is 0 Å². The van der Waals surface area contributed by atoms with Gasteiger partial charge in [-0.05, 0) is 31.0 Å². The summed E-state index contributed by atoms with van der Waals surface area (Å²) in [5.74, 6) is 1.09. The number of aromatic nitrogens is 5. The van der Waals surface area contributed by atoms with E-state index in [1.165, 1.54) is 24.5 Å². The first-order valence-corrected chi connectivity index (χ1v) is 9.39. The van der Waals surface area contributed by atoms with E-state index in [1.807, 2.05) is 12.3 Å². The van der Waals surface area contributed by atoms with E-state index >= 15 is 0 Å². The maximum absolute atomic E-state index is 12.5. The number of nitrogens with zero attached hydrogens (tertiary/aromatic N) is 4. The van der Waals surface area contributed by atoms with Gasteiger partial charge in [-0.1, -0.05) is 0 Å². The van der Waals surface area contributed by atoms with Crippen LogP contribution in [0.25, 0.3) is 22.1 Å². The number of aromatic amines is 2. The number of fused-ring (bicyclic) bond motifs is 2. The number of rotatable bonds is 3. The molecular formula is C19H18F3N7O. The van der Waals surface area contributed by atoms with Crippen molar-refractivity contribution < 1.29 is 17.9 Å². The molecule has 0 aliphatic carbocycles. The minimum atomic E-state index is -4.75. The van der Waals surface area contributed by atoms with Gasteiger partial charge in [-0.3, -0.25) is 0 Å². The lowest BCUT2D eigenvalue weighted by Gasteiger charge is -2.38. The third kappa shape index (κ3) is 3.30. The number of nitrogens with one attached hydrogen (secondary N) is 2. The lowest BCUT2D eigenvalue weighted by molar-refractivity contribution is -0.274. The van der Waals surface area contributed by atoms with E-state index < -0.39 is 11.9 Å². The van der Waals surface area contributed by atoms with E-state index in [9.17, 15) is 13.2 Å². The zero-order valence-electron chi connectivity index (χ0n) is 15.7. The Balaban J connectivity index is 1.37. The fourth-order valence-corrected chi connectivity index (χ4v) is 3.88. The minimum absolute atomic E-state index is 0.312. The highest BCUT2D eigenvalue weighted by Gasteiger charge is 2.36. The Hall–Kier alpha value is -3.34. The van der Waals surface area contributed by atoms with Crippen molar-refractivity contribution in [2.24, 2.45) is 5.73 Å². The summed E-state index contributed by atoms with van der Waals surface area (Å²) in [6.07, 6.45) is -0.187. The Bertz CT molecular complexity index is 1210. The number of hydrogen-bond donors (Lipinski definition) is 3. The molecule has 0 atom stereocenters. The van der Waals surface area contributed by atoms with Gasteiger partial charge in [0.05, 0.1) is 22.0 Å². The SMILES string of the molecule is NC1(c2nc3cc(OC(F)(F)F)ccc3[nH]2)CCN(c2ncnc3[nH]ccc23)CC1. The largest absolute Gasteiger partial charge is 0.573 e. The minimum Gasteiger partial charge on any atom is -0.406 e. The van der Waals surface area contributed by atoms with Crippen molar-refractivity contribution in [1.29, 1.82) is 0 Å². The Labute approximate surface area is 168 Å². The van der Waals surface area contributed by atoms with Gasteiger partial charge in [0, 0.05) is 25.4 Å². The number of benzene rings is 1. The first-order chi connectivity index (χ1) is 14.3. The number of imidazole rings is 1. The summed E-state index contributed by atoms with van der Waals surface area (Å²) >= 11 is 0. The molecule has 0 spiro atoms. The standard InChI is InChI=1S/C19H18F3N7O/c20-19(21,22)30-11-1-2-13-14(9-11)28-17(27-13)18(23)4-7-29(8-5-18)16-12-3-6-24-15(12)25-10-26-16/h1-3,6,9-10H,4-5,7-8,23H2,(H,27,28)(H,24,25,26). The van der Waals surface area contributed by atoms with Crippen molar-refractivity contribution in [2.45, 2.75) is 24.7 Å². The van der Waals surface area contributed by atoms with E-state index in [4.69, 9.17) is 5.73 Å². The number of nitrogens with two attached hydrogens (primary N) is 1. The topological polar surface area (TPSA) is 109 Å². The van der Waals surface area contributed by atoms with Gasteiger partial charge in [0.1, 0.15) is 29.4 Å². The smallest absolute Gasteiger partial charge is 0.406 e. The molecule has 1 aromatic carbocycles. The van der Waals surface area contributed by atoms with Gasteiger partial charge in [-0.25, -0.2) is 15.0 Å². The van der Waals surface area contributed by atoms with Crippen LogP contribution < -0.4 is 15.4 Å². The Kier molecular flexibility index (Phi) is 4.10. The fourth-order valence-electron chi connectivity index (χ4n) is 3.88. The van der Waals surface area contributed by atoms with Crippen LogP contribution in [0.5, 0.6) is 5.75 Å². The molecule has 4 heterocycles. The molecule has 0 amide bonds. The van der Waals surface area contributed by atoms with Crippen LogP contribution in [0.3, 0.4) is 0 Å². The monoisotopic (exact) mass is 417 g/mol. The van der Waals surface area contributed by atoms with Gasteiger partial charge in [-0.15, -0.1) is 13.2 Å². The number of piperidine rings is 1. The molecule has 3 aromatic heterocycles. The van der Waals surface area contributed by atoms with E-state index in [2.05, 4.69) is 34.6 Å².